The molecule has 0 aromatic carbocycles. The molecule has 2 heterocycles. The zero-order valence-corrected chi connectivity index (χ0v) is 24.1. The van der Waals surface area contributed by atoms with E-state index in [0.717, 1.165) is 51.4 Å². The van der Waals surface area contributed by atoms with Crippen LogP contribution in [-0.4, -0.2) is 67.7 Å². The molecule has 1 saturated heterocycles. The van der Waals surface area contributed by atoms with Crippen LogP contribution in [0.3, 0.4) is 0 Å². The first-order valence-electron chi connectivity index (χ1n) is 13.7. The molecular weight excluding hydrogens is 504 g/mol. The van der Waals surface area contributed by atoms with Crippen molar-refractivity contribution in [2.24, 2.45) is 0 Å². The molecule has 1 aliphatic heterocycles. The SMILES string of the molecule is CCCCOC[C@H]1OC(O)(c2cc(CO)c(Cl)s2)[C@H](OCCCC)[C@@H](OCCCC)[C@@H]1OCCCC. The first kappa shape index (κ1) is 31.9. The summed E-state index contributed by atoms with van der Waals surface area (Å²) in [6.45, 7) is 10.6. The predicted octanol–water partition coefficient (Wildman–Crippen LogP) is 5.81. The highest BCUT2D eigenvalue weighted by atomic mass is 35.5. The standard InChI is InChI=1S/C27H47ClO7S/c1-5-9-13-31-19-21-23(32-14-10-6-2)24(33-15-11-7-3)25(34-16-12-8-4)27(30,35-21)22-17-20(18-29)26(28)36-22/h17,21,23-25,29-30H,5-16,18-19H2,1-4H3/t21-,23-,24+,25-,27?/m1/s1. The Balaban J connectivity index is 2.47. The third kappa shape index (κ3) is 8.89. The summed E-state index contributed by atoms with van der Waals surface area (Å²) in [4.78, 5) is 0.479. The molecule has 210 valence electrons. The van der Waals surface area contributed by atoms with Gasteiger partial charge in [0.1, 0.15) is 24.4 Å². The van der Waals surface area contributed by atoms with Gasteiger partial charge in [-0.05, 0) is 31.7 Å². The Morgan fingerprint density at radius 1 is 0.889 bits per heavy atom. The number of hydrogen-bond donors (Lipinski definition) is 2. The molecule has 0 spiro atoms. The molecule has 1 aromatic rings. The second kappa shape index (κ2) is 17.3. The van der Waals surface area contributed by atoms with Gasteiger partial charge in [-0.3, -0.25) is 0 Å². The number of rotatable bonds is 19. The van der Waals surface area contributed by atoms with Crippen LogP contribution in [-0.2, 0) is 36.1 Å². The van der Waals surface area contributed by atoms with E-state index in [1.54, 1.807) is 6.07 Å². The van der Waals surface area contributed by atoms with E-state index in [4.69, 9.17) is 35.3 Å². The topological polar surface area (TPSA) is 86.6 Å². The zero-order valence-electron chi connectivity index (χ0n) is 22.5. The van der Waals surface area contributed by atoms with Crippen LogP contribution >= 0.6 is 22.9 Å². The average molecular weight is 551 g/mol. The maximum absolute atomic E-state index is 12.2. The van der Waals surface area contributed by atoms with Gasteiger partial charge in [-0.1, -0.05) is 65.0 Å². The van der Waals surface area contributed by atoms with Crippen molar-refractivity contribution in [2.75, 3.05) is 33.0 Å². The second-order valence-corrected chi connectivity index (χ2v) is 11.0. The van der Waals surface area contributed by atoms with Crippen molar-refractivity contribution in [1.82, 2.24) is 0 Å². The molecule has 1 aliphatic rings. The molecule has 2 rings (SSSR count). The number of unbranched alkanes of at least 4 members (excludes halogenated alkanes) is 4. The Labute approximate surface area is 226 Å². The van der Waals surface area contributed by atoms with Gasteiger partial charge in [-0.2, -0.15) is 0 Å². The molecule has 0 aliphatic carbocycles. The van der Waals surface area contributed by atoms with Crippen LogP contribution in [0, 0.1) is 0 Å². The Hall–Kier alpha value is -0.290. The molecular formula is C27H47ClO7S. The Morgan fingerprint density at radius 2 is 1.44 bits per heavy atom. The molecule has 0 amide bonds. The average Bonchev–Trinajstić information content (AvgIpc) is 3.26. The first-order chi connectivity index (χ1) is 17.5. The molecule has 1 fully saturated rings. The van der Waals surface area contributed by atoms with Gasteiger partial charge < -0.3 is 33.9 Å². The fraction of sp³-hybridized carbons (Fsp3) is 0.852. The summed E-state index contributed by atoms with van der Waals surface area (Å²) in [6, 6.07) is 1.69. The minimum atomic E-state index is -1.82. The number of thiophene rings is 1. The molecule has 5 atom stereocenters. The zero-order chi connectivity index (χ0) is 26.4. The predicted molar refractivity (Wildman–Crippen MR) is 144 cm³/mol. The summed E-state index contributed by atoms with van der Waals surface area (Å²) in [7, 11) is 0. The molecule has 9 heteroatoms. The third-order valence-electron chi connectivity index (χ3n) is 6.32. The van der Waals surface area contributed by atoms with Crippen LogP contribution in [0.2, 0.25) is 4.34 Å². The van der Waals surface area contributed by atoms with Crippen molar-refractivity contribution in [3.05, 3.63) is 20.8 Å². The highest BCUT2D eigenvalue weighted by molar-refractivity contribution is 7.16. The lowest BCUT2D eigenvalue weighted by Crippen LogP contribution is -2.65. The van der Waals surface area contributed by atoms with Gasteiger partial charge in [0.05, 0.1) is 22.4 Å². The molecule has 0 radical (unpaired) electrons. The van der Waals surface area contributed by atoms with E-state index < -0.39 is 30.2 Å². The van der Waals surface area contributed by atoms with E-state index >= 15 is 0 Å². The van der Waals surface area contributed by atoms with Gasteiger partial charge in [0, 0.05) is 32.0 Å². The van der Waals surface area contributed by atoms with E-state index in [1.807, 2.05) is 0 Å². The summed E-state index contributed by atoms with van der Waals surface area (Å²) >= 11 is 7.57. The maximum atomic E-state index is 12.2. The minimum absolute atomic E-state index is 0.227. The fourth-order valence-corrected chi connectivity index (χ4v) is 5.43. The summed E-state index contributed by atoms with van der Waals surface area (Å²) in [5.74, 6) is -1.82. The number of aliphatic hydroxyl groups is 2. The molecule has 36 heavy (non-hydrogen) atoms. The van der Waals surface area contributed by atoms with Gasteiger partial charge in [-0.15, -0.1) is 11.3 Å². The quantitative estimate of drug-likeness (QED) is 0.210. The Morgan fingerprint density at radius 3 is 2.00 bits per heavy atom. The first-order valence-corrected chi connectivity index (χ1v) is 14.9. The van der Waals surface area contributed by atoms with Crippen LogP contribution in [0.1, 0.15) is 89.5 Å². The van der Waals surface area contributed by atoms with Gasteiger partial charge in [0.25, 0.3) is 0 Å². The largest absolute Gasteiger partial charge is 0.392 e. The number of halogens is 1. The lowest BCUT2D eigenvalue weighted by atomic mass is 9.90. The van der Waals surface area contributed by atoms with E-state index in [-0.39, 0.29) is 13.2 Å². The highest BCUT2D eigenvalue weighted by Crippen LogP contribution is 2.45. The van der Waals surface area contributed by atoms with Gasteiger partial charge in [0.15, 0.2) is 0 Å². The molecule has 0 bridgehead atoms. The van der Waals surface area contributed by atoms with Gasteiger partial charge in [-0.25, -0.2) is 0 Å². The molecule has 1 unspecified atom stereocenters. The van der Waals surface area contributed by atoms with Crippen LogP contribution in [0.5, 0.6) is 0 Å². The highest BCUT2D eigenvalue weighted by Gasteiger charge is 2.57. The van der Waals surface area contributed by atoms with Gasteiger partial charge >= 0.3 is 0 Å². The number of ether oxygens (including phenoxy) is 5. The van der Waals surface area contributed by atoms with Crippen LogP contribution < -0.4 is 0 Å². The van der Waals surface area contributed by atoms with E-state index in [0.29, 0.717) is 41.2 Å². The Bertz CT molecular complexity index is 718. The van der Waals surface area contributed by atoms with Crippen molar-refractivity contribution in [1.29, 1.82) is 0 Å². The van der Waals surface area contributed by atoms with Crippen molar-refractivity contribution in [2.45, 2.75) is 116 Å². The lowest BCUT2D eigenvalue weighted by molar-refractivity contribution is -0.373. The molecule has 7 nitrogen and oxygen atoms in total. The lowest BCUT2D eigenvalue weighted by Gasteiger charge is -2.50. The van der Waals surface area contributed by atoms with E-state index in [9.17, 15) is 10.2 Å². The Kier molecular flexibility index (Phi) is 15.4. The summed E-state index contributed by atoms with van der Waals surface area (Å²) in [6.07, 6.45) is 5.12. The van der Waals surface area contributed by atoms with Crippen LogP contribution in [0.25, 0.3) is 0 Å². The molecule has 0 saturated carbocycles. The van der Waals surface area contributed by atoms with Crippen molar-refractivity contribution in [3.63, 3.8) is 0 Å². The van der Waals surface area contributed by atoms with Crippen LogP contribution in [0.4, 0.5) is 0 Å². The second-order valence-electron chi connectivity index (χ2n) is 9.37. The van der Waals surface area contributed by atoms with Crippen molar-refractivity contribution in [3.8, 4) is 0 Å². The summed E-state index contributed by atoms with van der Waals surface area (Å²) in [5, 5.41) is 21.9. The summed E-state index contributed by atoms with van der Waals surface area (Å²) in [5.41, 5.74) is 0.543. The molecule has 1 aromatic heterocycles. The maximum Gasteiger partial charge on any atom is 0.232 e. The smallest absolute Gasteiger partial charge is 0.232 e. The van der Waals surface area contributed by atoms with E-state index in [2.05, 4.69) is 27.7 Å². The number of hydrogen-bond acceptors (Lipinski definition) is 8. The van der Waals surface area contributed by atoms with Crippen molar-refractivity contribution < 1.29 is 33.9 Å². The van der Waals surface area contributed by atoms with E-state index in [1.165, 1.54) is 11.3 Å². The fourth-order valence-electron chi connectivity index (χ4n) is 4.11. The minimum Gasteiger partial charge on any atom is -0.392 e. The van der Waals surface area contributed by atoms with Crippen molar-refractivity contribution >= 4 is 22.9 Å². The summed E-state index contributed by atoms with van der Waals surface area (Å²) < 4.78 is 31.9. The molecule has 2 N–H and O–H groups in total. The van der Waals surface area contributed by atoms with Gasteiger partial charge in [0.2, 0.25) is 5.79 Å². The van der Waals surface area contributed by atoms with Crippen LogP contribution in [0.15, 0.2) is 6.07 Å². The number of aliphatic hydroxyl groups excluding tert-OH is 1. The normalized spacial score (nSPS) is 26.5. The monoisotopic (exact) mass is 550 g/mol. The third-order valence-corrected chi connectivity index (χ3v) is 7.87.